The first-order valence-corrected chi connectivity index (χ1v) is 9.74. The third-order valence-electron chi connectivity index (χ3n) is 4.67. The van der Waals surface area contributed by atoms with Crippen LogP contribution >= 0.6 is 0 Å². The number of carbonyl (C=O) groups is 3. The molecule has 2 amide bonds. The minimum absolute atomic E-state index is 0.0747. The van der Waals surface area contributed by atoms with Crippen molar-refractivity contribution < 1.29 is 19.5 Å². The second-order valence-corrected chi connectivity index (χ2v) is 6.80. The Morgan fingerprint density at radius 2 is 1.06 bits per heavy atom. The molecule has 3 rings (SSSR count). The van der Waals surface area contributed by atoms with Gasteiger partial charge in [-0.3, -0.25) is 19.3 Å². The number of benzene rings is 3. The lowest BCUT2D eigenvalue weighted by atomic mass is 10.1. The second kappa shape index (κ2) is 10.7. The van der Waals surface area contributed by atoms with Gasteiger partial charge in [0.25, 0.3) is 11.8 Å². The molecule has 3 aromatic rings. The highest BCUT2D eigenvalue weighted by atomic mass is 16.4. The summed E-state index contributed by atoms with van der Waals surface area (Å²) in [7, 11) is 0. The van der Waals surface area contributed by atoms with E-state index >= 15 is 0 Å². The standard InChI is InChI=1S/C24H23N3O4/c28-22(19-12-6-2-7-13-19)25-16-27(17-26-23(29)20-14-8-3-9-15-20)21(24(30)31)18-10-4-1-5-11-18/h1-15,21H,16-17H2,(H,25,28)(H,26,29)(H,30,31). The third kappa shape index (κ3) is 6.01. The number of hydrogen-bond donors (Lipinski definition) is 3. The molecule has 0 aliphatic carbocycles. The van der Waals surface area contributed by atoms with Crippen LogP contribution in [0.1, 0.15) is 32.3 Å². The third-order valence-corrected chi connectivity index (χ3v) is 4.67. The topological polar surface area (TPSA) is 98.7 Å². The predicted molar refractivity (Wildman–Crippen MR) is 116 cm³/mol. The normalized spacial score (nSPS) is 11.5. The van der Waals surface area contributed by atoms with Gasteiger partial charge in [0.1, 0.15) is 6.04 Å². The molecule has 0 spiro atoms. The van der Waals surface area contributed by atoms with Crippen LogP contribution in [0, 0.1) is 0 Å². The highest BCUT2D eigenvalue weighted by Crippen LogP contribution is 2.20. The lowest BCUT2D eigenvalue weighted by Gasteiger charge is -2.29. The van der Waals surface area contributed by atoms with Crippen molar-refractivity contribution in [1.82, 2.24) is 15.5 Å². The number of rotatable bonds is 9. The number of carboxylic acids is 1. The lowest BCUT2D eigenvalue weighted by Crippen LogP contribution is -2.47. The zero-order valence-corrected chi connectivity index (χ0v) is 16.8. The number of carbonyl (C=O) groups excluding carboxylic acids is 2. The predicted octanol–water partition coefficient (Wildman–Crippen LogP) is 2.89. The van der Waals surface area contributed by atoms with E-state index in [-0.39, 0.29) is 25.2 Å². The van der Waals surface area contributed by atoms with E-state index in [0.717, 1.165) is 0 Å². The molecule has 0 aromatic heterocycles. The van der Waals surface area contributed by atoms with Crippen molar-refractivity contribution in [2.24, 2.45) is 0 Å². The first kappa shape index (κ1) is 21.7. The van der Waals surface area contributed by atoms with E-state index in [2.05, 4.69) is 10.6 Å². The molecule has 0 heterocycles. The van der Waals surface area contributed by atoms with Crippen molar-refractivity contribution in [3.8, 4) is 0 Å². The molecule has 1 unspecified atom stereocenters. The van der Waals surface area contributed by atoms with Crippen molar-refractivity contribution in [3.63, 3.8) is 0 Å². The average molecular weight is 417 g/mol. The quantitative estimate of drug-likeness (QED) is 0.465. The van der Waals surface area contributed by atoms with Crippen LogP contribution in [0.5, 0.6) is 0 Å². The first-order valence-electron chi connectivity index (χ1n) is 9.74. The van der Waals surface area contributed by atoms with Gasteiger partial charge in [-0.05, 0) is 29.8 Å². The van der Waals surface area contributed by atoms with Gasteiger partial charge >= 0.3 is 5.97 Å². The van der Waals surface area contributed by atoms with Gasteiger partial charge in [0.05, 0.1) is 13.3 Å². The van der Waals surface area contributed by atoms with Crippen LogP contribution in [0.3, 0.4) is 0 Å². The summed E-state index contributed by atoms with van der Waals surface area (Å²) in [6.07, 6.45) is 0. The molecule has 0 radical (unpaired) electrons. The summed E-state index contributed by atoms with van der Waals surface area (Å²) >= 11 is 0. The van der Waals surface area contributed by atoms with Crippen molar-refractivity contribution in [2.45, 2.75) is 6.04 Å². The van der Waals surface area contributed by atoms with Crippen molar-refractivity contribution in [2.75, 3.05) is 13.3 Å². The molecule has 3 aromatic carbocycles. The van der Waals surface area contributed by atoms with E-state index in [0.29, 0.717) is 16.7 Å². The molecule has 7 nitrogen and oxygen atoms in total. The number of carboxylic acid groups (broad SMARTS) is 1. The highest BCUT2D eigenvalue weighted by molar-refractivity contribution is 5.94. The summed E-state index contributed by atoms with van der Waals surface area (Å²) in [6, 6.07) is 24.9. The summed E-state index contributed by atoms with van der Waals surface area (Å²) in [5.41, 5.74) is 1.46. The first-order chi connectivity index (χ1) is 15.1. The molecule has 158 valence electrons. The fraction of sp³-hybridized carbons (Fsp3) is 0.125. The molecule has 0 aliphatic rings. The second-order valence-electron chi connectivity index (χ2n) is 6.80. The van der Waals surface area contributed by atoms with Gasteiger partial charge in [-0.25, -0.2) is 0 Å². The SMILES string of the molecule is O=C(NCN(CNC(=O)c1ccccc1)C(C(=O)O)c1ccccc1)c1ccccc1. The number of aliphatic carboxylic acids is 1. The van der Waals surface area contributed by atoms with Crippen LogP contribution < -0.4 is 10.6 Å². The molecule has 0 saturated heterocycles. The van der Waals surface area contributed by atoms with Crippen LogP contribution in [-0.4, -0.2) is 41.1 Å². The summed E-state index contributed by atoms with van der Waals surface area (Å²) in [5, 5.41) is 15.4. The Bertz CT molecular complexity index is 955. The highest BCUT2D eigenvalue weighted by Gasteiger charge is 2.28. The van der Waals surface area contributed by atoms with Crippen LogP contribution in [0.2, 0.25) is 0 Å². The van der Waals surface area contributed by atoms with Gasteiger partial charge < -0.3 is 15.7 Å². The van der Waals surface area contributed by atoms with Gasteiger partial charge in [-0.15, -0.1) is 0 Å². The molecule has 3 N–H and O–H groups in total. The van der Waals surface area contributed by atoms with Crippen molar-refractivity contribution in [1.29, 1.82) is 0 Å². The molecule has 0 bridgehead atoms. The largest absolute Gasteiger partial charge is 0.480 e. The Labute approximate surface area is 180 Å². The van der Waals surface area contributed by atoms with Crippen molar-refractivity contribution >= 4 is 17.8 Å². The Kier molecular flexibility index (Phi) is 7.50. The molecule has 0 fully saturated rings. The Morgan fingerprint density at radius 1 is 0.677 bits per heavy atom. The zero-order valence-electron chi connectivity index (χ0n) is 16.8. The minimum Gasteiger partial charge on any atom is -0.480 e. The van der Waals surface area contributed by atoms with E-state index in [4.69, 9.17) is 0 Å². The summed E-state index contributed by atoms with van der Waals surface area (Å²) < 4.78 is 0. The van der Waals surface area contributed by atoms with Gasteiger partial charge in [-0.1, -0.05) is 66.7 Å². The fourth-order valence-corrected chi connectivity index (χ4v) is 3.11. The Hall–Kier alpha value is -3.97. The van der Waals surface area contributed by atoms with Crippen LogP contribution in [0.4, 0.5) is 0 Å². The monoisotopic (exact) mass is 417 g/mol. The number of amides is 2. The molecular formula is C24H23N3O4. The average Bonchev–Trinajstić information content (AvgIpc) is 2.81. The Balaban J connectivity index is 1.77. The minimum atomic E-state index is -1.09. The number of nitrogens with one attached hydrogen (secondary N) is 2. The molecule has 0 aliphatic heterocycles. The van der Waals surface area contributed by atoms with Gasteiger partial charge in [0, 0.05) is 11.1 Å². The number of nitrogens with zero attached hydrogens (tertiary/aromatic N) is 1. The molecule has 31 heavy (non-hydrogen) atoms. The fourth-order valence-electron chi connectivity index (χ4n) is 3.11. The van der Waals surface area contributed by atoms with Crippen LogP contribution in [0.15, 0.2) is 91.0 Å². The molecular weight excluding hydrogens is 394 g/mol. The molecule has 0 saturated carbocycles. The van der Waals surface area contributed by atoms with E-state index in [1.54, 1.807) is 91.0 Å². The smallest absolute Gasteiger partial charge is 0.325 e. The van der Waals surface area contributed by atoms with Gasteiger partial charge in [0.15, 0.2) is 0 Å². The summed E-state index contributed by atoms with van der Waals surface area (Å²) in [5.74, 6) is -1.76. The Morgan fingerprint density at radius 3 is 1.45 bits per heavy atom. The maximum Gasteiger partial charge on any atom is 0.325 e. The van der Waals surface area contributed by atoms with E-state index in [9.17, 15) is 19.5 Å². The lowest BCUT2D eigenvalue weighted by molar-refractivity contribution is -0.144. The van der Waals surface area contributed by atoms with E-state index in [1.165, 1.54) is 4.90 Å². The molecule has 7 heteroatoms. The van der Waals surface area contributed by atoms with Gasteiger partial charge in [-0.2, -0.15) is 0 Å². The van der Waals surface area contributed by atoms with Crippen LogP contribution in [0.25, 0.3) is 0 Å². The van der Waals surface area contributed by atoms with Gasteiger partial charge in [0.2, 0.25) is 0 Å². The summed E-state index contributed by atoms with van der Waals surface area (Å²) in [6.45, 7) is -0.149. The maximum atomic E-state index is 12.5. The molecule has 1 atom stereocenters. The maximum absolute atomic E-state index is 12.5. The van der Waals surface area contributed by atoms with E-state index < -0.39 is 12.0 Å². The van der Waals surface area contributed by atoms with Crippen LogP contribution in [-0.2, 0) is 4.79 Å². The zero-order chi connectivity index (χ0) is 22.1. The van der Waals surface area contributed by atoms with E-state index in [1.807, 2.05) is 0 Å². The van der Waals surface area contributed by atoms with Crippen molar-refractivity contribution in [3.05, 3.63) is 108 Å². The summed E-state index contributed by atoms with van der Waals surface area (Å²) in [4.78, 5) is 38.5. The number of hydrogen-bond acceptors (Lipinski definition) is 4.